The summed E-state index contributed by atoms with van der Waals surface area (Å²) in [5, 5.41) is 0.587. The second kappa shape index (κ2) is 7.85. The molecule has 0 saturated carbocycles. The fourth-order valence-corrected chi connectivity index (χ4v) is 3.90. The van der Waals surface area contributed by atoms with Crippen LogP contribution in [0.25, 0.3) is 10.2 Å². The molecule has 0 N–H and O–H groups in total. The van der Waals surface area contributed by atoms with Crippen LogP contribution in [-0.4, -0.2) is 43.2 Å². The number of anilines is 1. The number of benzene rings is 2. The summed E-state index contributed by atoms with van der Waals surface area (Å²) in [6.07, 6.45) is 0. The lowest BCUT2D eigenvalue weighted by Gasteiger charge is -2.19. The quantitative estimate of drug-likeness (QED) is 0.614. The molecule has 0 radical (unpaired) electrons. The van der Waals surface area contributed by atoms with Gasteiger partial charge in [-0.2, -0.15) is 0 Å². The van der Waals surface area contributed by atoms with Crippen LogP contribution in [0.5, 0.6) is 11.5 Å². The molecule has 1 aliphatic rings. The number of hydrogen-bond acceptors (Lipinski definition) is 7. The highest BCUT2D eigenvalue weighted by molar-refractivity contribution is 7.22. The van der Waals surface area contributed by atoms with Crippen molar-refractivity contribution in [3.63, 3.8) is 0 Å². The van der Waals surface area contributed by atoms with Gasteiger partial charge in [0.2, 0.25) is 0 Å². The molecule has 1 aromatic heterocycles. The summed E-state index contributed by atoms with van der Waals surface area (Å²) in [5.74, 6) is 0.168. The Labute approximate surface area is 165 Å². The smallest absolute Gasteiger partial charge is 0.338 e. The van der Waals surface area contributed by atoms with E-state index in [4.69, 9.17) is 14.2 Å². The molecule has 2 heterocycles. The Morgan fingerprint density at radius 2 is 1.93 bits per heavy atom. The van der Waals surface area contributed by atoms with Crippen molar-refractivity contribution in [2.75, 3.05) is 31.3 Å². The van der Waals surface area contributed by atoms with Crippen LogP contribution >= 0.6 is 11.3 Å². The number of fused-ring (bicyclic) bond motifs is 2. The number of esters is 1. The van der Waals surface area contributed by atoms with Crippen LogP contribution in [0.2, 0.25) is 0 Å². The van der Waals surface area contributed by atoms with Gasteiger partial charge in [0.25, 0.3) is 5.91 Å². The molecule has 0 saturated heterocycles. The first-order valence-corrected chi connectivity index (χ1v) is 9.70. The molecular formula is C20H18N2O5S. The van der Waals surface area contributed by atoms with E-state index in [9.17, 15) is 9.59 Å². The maximum Gasteiger partial charge on any atom is 0.338 e. The van der Waals surface area contributed by atoms with E-state index in [1.165, 1.54) is 16.2 Å². The molecule has 1 aliphatic heterocycles. The van der Waals surface area contributed by atoms with Crippen molar-refractivity contribution >= 4 is 38.6 Å². The molecular weight excluding hydrogens is 380 g/mol. The van der Waals surface area contributed by atoms with Gasteiger partial charge in [0.05, 0.1) is 15.8 Å². The largest absolute Gasteiger partial charge is 0.486 e. The predicted octanol–water partition coefficient (Wildman–Crippen LogP) is 3.28. The Morgan fingerprint density at radius 1 is 1.14 bits per heavy atom. The molecule has 0 fully saturated rings. The number of thiazole rings is 1. The number of carbonyl (C=O) groups excluding carboxylic acids is 2. The minimum atomic E-state index is -0.592. The first-order valence-electron chi connectivity index (χ1n) is 8.88. The molecule has 4 rings (SSSR count). The van der Waals surface area contributed by atoms with Gasteiger partial charge >= 0.3 is 5.97 Å². The second-order valence-corrected chi connectivity index (χ2v) is 7.05. The van der Waals surface area contributed by atoms with E-state index in [0.717, 1.165) is 10.2 Å². The third-order valence-electron chi connectivity index (χ3n) is 4.24. The zero-order chi connectivity index (χ0) is 19.5. The molecule has 3 aromatic rings. The molecule has 0 spiro atoms. The van der Waals surface area contributed by atoms with E-state index < -0.39 is 5.97 Å². The summed E-state index contributed by atoms with van der Waals surface area (Å²) >= 11 is 1.43. The Kier molecular flexibility index (Phi) is 5.12. The average Bonchev–Trinajstić information content (AvgIpc) is 3.15. The van der Waals surface area contributed by atoms with Crippen molar-refractivity contribution in [1.29, 1.82) is 0 Å². The third-order valence-corrected chi connectivity index (χ3v) is 5.29. The summed E-state index contributed by atoms with van der Waals surface area (Å²) in [6.45, 7) is 2.82. The molecule has 0 aliphatic carbocycles. The van der Waals surface area contributed by atoms with Crippen LogP contribution in [0.1, 0.15) is 17.3 Å². The number of aromatic nitrogens is 1. The number of rotatable bonds is 5. The van der Waals surface area contributed by atoms with Crippen molar-refractivity contribution in [3.8, 4) is 11.5 Å². The summed E-state index contributed by atoms with van der Waals surface area (Å²) in [4.78, 5) is 30.9. The SMILES string of the molecule is CCN(C(=O)COC(=O)c1ccc2c(c1)OCCO2)c1nc2ccccc2s1. The number of hydrogen-bond donors (Lipinski definition) is 0. The minimum Gasteiger partial charge on any atom is -0.486 e. The topological polar surface area (TPSA) is 78.0 Å². The zero-order valence-corrected chi connectivity index (χ0v) is 16.0. The summed E-state index contributed by atoms with van der Waals surface area (Å²) in [7, 11) is 0. The van der Waals surface area contributed by atoms with Crippen molar-refractivity contribution < 1.29 is 23.8 Å². The maximum atomic E-state index is 12.6. The molecule has 0 unspecified atom stereocenters. The Bertz CT molecular complexity index is 999. The highest BCUT2D eigenvalue weighted by Crippen LogP contribution is 2.31. The Hall–Kier alpha value is -3.13. The molecule has 2 aromatic carbocycles. The number of ether oxygens (including phenoxy) is 3. The molecule has 0 atom stereocenters. The zero-order valence-electron chi connectivity index (χ0n) is 15.2. The number of carbonyl (C=O) groups is 2. The van der Waals surface area contributed by atoms with Gasteiger partial charge in [-0.25, -0.2) is 9.78 Å². The molecule has 28 heavy (non-hydrogen) atoms. The fraction of sp³-hybridized carbons (Fsp3) is 0.250. The van der Waals surface area contributed by atoms with E-state index in [-0.39, 0.29) is 12.5 Å². The standard InChI is InChI=1S/C20H18N2O5S/c1-2-22(20-21-14-5-3-4-6-17(14)28-20)18(23)12-27-19(24)13-7-8-15-16(11-13)26-10-9-25-15/h3-8,11H,2,9-10,12H2,1H3. The summed E-state index contributed by atoms with van der Waals surface area (Å²) < 4.78 is 17.1. The van der Waals surface area contributed by atoms with Gasteiger partial charge < -0.3 is 14.2 Å². The monoisotopic (exact) mass is 398 g/mol. The van der Waals surface area contributed by atoms with Gasteiger partial charge in [-0.05, 0) is 37.3 Å². The summed E-state index contributed by atoms with van der Waals surface area (Å²) in [6, 6.07) is 12.5. The molecule has 144 valence electrons. The molecule has 7 nitrogen and oxygen atoms in total. The Morgan fingerprint density at radius 3 is 2.71 bits per heavy atom. The lowest BCUT2D eigenvalue weighted by Crippen LogP contribution is -2.34. The molecule has 0 bridgehead atoms. The van der Waals surface area contributed by atoms with Gasteiger partial charge in [-0.3, -0.25) is 9.69 Å². The maximum absolute atomic E-state index is 12.6. The van der Waals surface area contributed by atoms with Gasteiger partial charge in [0.15, 0.2) is 23.2 Å². The van der Waals surface area contributed by atoms with Gasteiger partial charge in [-0.15, -0.1) is 0 Å². The van der Waals surface area contributed by atoms with Crippen molar-refractivity contribution in [3.05, 3.63) is 48.0 Å². The highest BCUT2D eigenvalue weighted by Gasteiger charge is 2.21. The average molecular weight is 398 g/mol. The predicted molar refractivity (Wildman–Crippen MR) is 105 cm³/mol. The number of amides is 1. The number of para-hydroxylation sites is 1. The number of likely N-dealkylation sites (N-methyl/N-ethyl adjacent to an activating group) is 1. The van der Waals surface area contributed by atoms with Crippen LogP contribution in [-0.2, 0) is 9.53 Å². The normalized spacial score (nSPS) is 12.6. The summed E-state index contributed by atoms with van der Waals surface area (Å²) in [5.41, 5.74) is 1.14. The fourth-order valence-electron chi connectivity index (χ4n) is 2.85. The van der Waals surface area contributed by atoms with E-state index in [1.807, 2.05) is 31.2 Å². The van der Waals surface area contributed by atoms with Crippen LogP contribution in [0.4, 0.5) is 5.13 Å². The van der Waals surface area contributed by atoms with Crippen molar-refractivity contribution in [2.24, 2.45) is 0 Å². The van der Waals surface area contributed by atoms with E-state index in [0.29, 0.717) is 42.0 Å². The van der Waals surface area contributed by atoms with Crippen LogP contribution in [0, 0.1) is 0 Å². The van der Waals surface area contributed by atoms with E-state index in [2.05, 4.69) is 4.98 Å². The minimum absolute atomic E-state index is 0.306. The highest BCUT2D eigenvalue weighted by atomic mass is 32.1. The molecule has 1 amide bonds. The third kappa shape index (κ3) is 3.63. The van der Waals surface area contributed by atoms with Crippen molar-refractivity contribution in [2.45, 2.75) is 6.92 Å². The van der Waals surface area contributed by atoms with Crippen LogP contribution < -0.4 is 14.4 Å². The van der Waals surface area contributed by atoms with Gasteiger partial charge in [0.1, 0.15) is 13.2 Å². The van der Waals surface area contributed by atoms with Gasteiger partial charge in [0, 0.05) is 6.54 Å². The lowest BCUT2D eigenvalue weighted by atomic mass is 10.2. The van der Waals surface area contributed by atoms with Crippen LogP contribution in [0.3, 0.4) is 0 Å². The van der Waals surface area contributed by atoms with Crippen molar-refractivity contribution in [1.82, 2.24) is 4.98 Å². The number of nitrogens with zero attached hydrogens (tertiary/aromatic N) is 2. The van der Waals surface area contributed by atoms with E-state index >= 15 is 0 Å². The first kappa shape index (κ1) is 18.2. The first-order chi connectivity index (χ1) is 13.7. The lowest BCUT2D eigenvalue weighted by molar-refractivity contribution is -0.121. The van der Waals surface area contributed by atoms with Gasteiger partial charge in [-0.1, -0.05) is 23.5 Å². The van der Waals surface area contributed by atoms with E-state index in [1.54, 1.807) is 18.2 Å². The molecule has 8 heteroatoms. The Balaban J connectivity index is 1.43. The van der Waals surface area contributed by atoms with Crippen LogP contribution in [0.15, 0.2) is 42.5 Å². The second-order valence-electron chi connectivity index (χ2n) is 6.04.